The number of nitrogens with two attached hydrogens (primary N) is 2. The van der Waals surface area contributed by atoms with E-state index in [0.29, 0.717) is 214 Å². The molecule has 4 aromatic heterocycles. The fraction of sp³-hybridized carbons (Fsp3) is 0.690. The molecule has 0 radical (unpaired) electrons. The number of esters is 1. The second kappa shape index (κ2) is 49.4. The monoisotopic (exact) mass is 1680 g/mol. The number of oxime groups is 1. The number of oxazole rings is 1. The summed E-state index contributed by atoms with van der Waals surface area (Å²) in [4.78, 5) is 76.8. The molecule has 1 aliphatic carbocycles. The van der Waals surface area contributed by atoms with Crippen LogP contribution in [0.25, 0.3) is 33.4 Å². The Morgan fingerprint density at radius 2 is 1.45 bits per heavy atom. The molecule has 16 atom stereocenters. The van der Waals surface area contributed by atoms with E-state index in [0.717, 1.165) is 36.8 Å². The molecule has 7 heterocycles. The van der Waals surface area contributed by atoms with Crippen LogP contribution in [0.1, 0.15) is 163 Å². The number of ether oxygens (including phenoxy) is 12. The number of allylic oxidation sites excluding steroid dienone is 5. The van der Waals surface area contributed by atoms with Crippen molar-refractivity contribution in [3.8, 4) is 11.3 Å². The van der Waals surface area contributed by atoms with Crippen LogP contribution in [0.2, 0.25) is 0 Å². The Kier molecular flexibility index (Phi) is 39.5. The number of anilines is 2. The van der Waals surface area contributed by atoms with Crippen LogP contribution in [0.5, 0.6) is 0 Å². The Bertz CT molecular complexity index is 4150. The summed E-state index contributed by atoms with van der Waals surface area (Å²) in [5.41, 5.74) is 17.8. The van der Waals surface area contributed by atoms with Gasteiger partial charge in [0.15, 0.2) is 17.8 Å². The first kappa shape index (κ1) is 96.0. The number of hydrogen-bond acceptors (Lipinski definition) is 30. The van der Waals surface area contributed by atoms with Gasteiger partial charge in [0.2, 0.25) is 5.79 Å². The van der Waals surface area contributed by atoms with Gasteiger partial charge in [-0.05, 0) is 138 Å². The highest BCUT2D eigenvalue weighted by molar-refractivity contribution is 6.39. The van der Waals surface area contributed by atoms with Crippen molar-refractivity contribution >= 4 is 63.1 Å². The van der Waals surface area contributed by atoms with Crippen LogP contribution >= 0.6 is 0 Å². The number of ketones is 2. The second-order valence-corrected chi connectivity index (χ2v) is 32.4. The van der Waals surface area contributed by atoms with Crippen molar-refractivity contribution in [2.45, 2.75) is 238 Å². The van der Waals surface area contributed by atoms with Gasteiger partial charge in [-0.25, -0.2) is 24.1 Å². The average molecular weight is 1680 g/mol. The van der Waals surface area contributed by atoms with Crippen LogP contribution in [0.4, 0.5) is 11.8 Å². The van der Waals surface area contributed by atoms with Crippen molar-refractivity contribution < 1.29 is 101 Å². The standard InChI is InChI=1S/C87H132N12O21/c1-56-20-14-12-15-21-57(2)72(107-8)51-67-27-24-62(7)87(106,120-67)81(103)84(104)98-31-19-17-23-69(98)85(105)118-74(59(4)48-63-25-28-70(101)75(49-63)109-10)52-73(108-9)58(3)47-61(6)79(102)80(110-11)77(60(5)46-56)95-117-54-65-53-97(96-93-65)33-35-112-37-39-114-41-43-116-45-44-115-42-40-113-38-36-111-34-30-66(100)22-16-13-18-32-99-83-76(82(88)90-55-91-83)78(94-99)64-26-29-71-68(50-64)92-86(89)119-71/h12,14-15,20-21,26,29,47,50,53,55-56,58-60,62-63,67,69-70,72-75,79-80,101-102,106H,13,16-19,22-25,27-28,30-46,48-49,51-52,54H2,1-11H3,(H2,89,92)(H2,88,90,91)/b15-12+,20-14+,57-21+,61-47+,95-77-/t56-,58-,59-,60-,62-,63+,67+,69+,70-,72+,73-,74+,75-,79-,80+,87-/m1/s1. The molecule has 0 spiro atoms. The number of carbonyl (C=O) groups excluding carboxylic acids is 4. The summed E-state index contributed by atoms with van der Waals surface area (Å²) < 4.78 is 79.9. The van der Waals surface area contributed by atoms with Crippen molar-refractivity contribution in [1.82, 2.24) is 44.6 Å². The lowest BCUT2D eigenvalue weighted by atomic mass is 9.78. The minimum Gasteiger partial charge on any atom is -0.460 e. The molecule has 4 aliphatic rings. The first-order valence-electron chi connectivity index (χ1n) is 42.8. The van der Waals surface area contributed by atoms with Crippen molar-refractivity contribution in [1.29, 1.82) is 0 Å². The number of rotatable bonds is 38. The van der Waals surface area contributed by atoms with E-state index < -0.39 is 78.1 Å². The van der Waals surface area contributed by atoms with Crippen molar-refractivity contribution in [3.63, 3.8) is 0 Å². The van der Waals surface area contributed by atoms with Gasteiger partial charge < -0.3 is 97.8 Å². The number of benzene rings is 1. The van der Waals surface area contributed by atoms with E-state index >= 15 is 0 Å². The Morgan fingerprint density at radius 1 is 0.742 bits per heavy atom. The number of nitrogens with zero attached hydrogens (tertiary/aromatic N) is 10. The second-order valence-electron chi connectivity index (χ2n) is 32.4. The molecule has 9 rings (SSSR count). The lowest BCUT2D eigenvalue weighted by molar-refractivity contribution is -0.265. The number of piperidine rings is 1. The van der Waals surface area contributed by atoms with Gasteiger partial charge in [-0.2, -0.15) is 10.1 Å². The molecule has 2 saturated heterocycles. The Morgan fingerprint density at radius 3 is 2.15 bits per heavy atom. The van der Waals surface area contributed by atoms with Gasteiger partial charge >= 0.3 is 5.97 Å². The molecule has 666 valence electrons. The number of Topliss-reactive ketones (excluding diaryl/α,β-unsaturated/α-hetero) is 2. The number of unbranched alkanes of at least 4 members (excludes halogenated alkanes) is 2. The molecule has 0 unspecified atom stereocenters. The number of aromatic nitrogens is 8. The van der Waals surface area contributed by atoms with Gasteiger partial charge in [0.25, 0.3) is 17.7 Å². The summed E-state index contributed by atoms with van der Waals surface area (Å²) >= 11 is 0. The molecular weight excluding hydrogens is 1550 g/mol. The Hall–Kier alpha value is -7.87. The average Bonchev–Trinajstić information content (AvgIpc) is 1.54. The lowest BCUT2D eigenvalue weighted by Gasteiger charge is -2.43. The van der Waals surface area contributed by atoms with E-state index in [9.17, 15) is 34.5 Å². The highest BCUT2D eigenvalue weighted by Gasteiger charge is 2.53. The molecule has 1 amide bonds. The molecule has 7 N–H and O–H groups in total. The van der Waals surface area contributed by atoms with E-state index in [1.54, 1.807) is 45.2 Å². The maximum Gasteiger partial charge on any atom is 0.329 e. The van der Waals surface area contributed by atoms with E-state index in [1.807, 2.05) is 81.8 Å². The van der Waals surface area contributed by atoms with E-state index in [4.69, 9.17) is 87.8 Å². The van der Waals surface area contributed by atoms with Crippen molar-refractivity contribution in [2.24, 2.45) is 40.7 Å². The number of aliphatic hydroxyl groups excluding tert-OH is 2. The van der Waals surface area contributed by atoms with Crippen LogP contribution in [-0.2, 0) is 101 Å². The largest absolute Gasteiger partial charge is 0.460 e. The number of fused-ring (bicyclic) bond motifs is 5. The topological polar surface area (TPSA) is 417 Å². The Labute approximate surface area is 704 Å². The first-order valence-corrected chi connectivity index (χ1v) is 42.8. The SMILES string of the molecule is CO[C@H]1C[C@@H]2CC[C@@H](C)[C@@](O)(O2)C(=O)C(=O)N2CCCC[C@H]2C(=O)O[C@H]([C@H](C)C[C@@H]2CC[C@@H](O)[C@H](OC)C2)C[C@@H](OC)[C@H](C)/C=C(\C)[C@@H](O)[C@@H](OC)/C(=N\OCc2cn(CCOCCOCCOCCOCCOCCOCCC(=O)CCCCCn3nc(-c4ccc5oc(N)nc5c4)c4c(N)ncnc43)nn2)[C@H](C)C[C@H](C)/C=C/C=C/C=C/1C. The predicted octanol–water partition coefficient (Wildman–Crippen LogP) is 9.65. The summed E-state index contributed by atoms with van der Waals surface area (Å²) in [6, 6.07) is 4.50. The number of aryl methyl sites for hydroxylation is 1. The molecule has 1 saturated carbocycles. The third-order valence-electron chi connectivity index (χ3n) is 23.3. The van der Waals surface area contributed by atoms with Gasteiger partial charge in [-0.1, -0.05) is 87.9 Å². The maximum atomic E-state index is 14.9. The number of aliphatic hydroxyl groups is 3. The zero-order chi connectivity index (χ0) is 86.1. The van der Waals surface area contributed by atoms with Gasteiger partial charge in [0.05, 0.1) is 134 Å². The quantitative estimate of drug-likeness (QED) is 0.00806. The molecule has 120 heavy (non-hydrogen) atoms. The lowest BCUT2D eigenvalue weighted by Crippen LogP contribution is -2.61. The Balaban J connectivity index is 0.691. The minimum absolute atomic E-state index is 0.0221. The van der Waals surface area contributed by atoms with Crippen LogP contribution in [0, 0.1) is 35.5 Å². The van der Waals surface area contributed by atoms with E-state index in [2.05, 4.69) is 38.3 Å². The zero-order valence-electron chi connectivity index (χ0n) is 72.2. The fourth-order valence-electron chi connectivity index (χ4n) is 16.3. The van der Waals surface area contributed by atoms with Crippen molar-refractivity contribution in [2.75, 3.05) is 126 Å². The van der Waals surface area contributed by atoms with Gasteiger partial charge in [-0.3, -0.25) is 14.4 Å². The molecule has 5 aromatic rings. The smallest absolute Gasteiger partial charge is 0.329 e. The molecule has 33 heteroatoms. The van der Waals surface area contributed by atoms with E-state index in [-0.39, 0.29) is 73.5 Å². The molecule has 3 fully saturated rings. The number of amides is 1. The summed E-state index contributed by atoms with van der Waals surface area (Å²) in [7, 11) is 6.32. The van der Waals surface area contributed by atoms with Crippen LogP contribution in [0.3, 0.4) is 0 Å². The third-order valence-corrected chi connectivity index (χ3v) is 23.3. The predicted molar refractivity (Wildman–Crippen MR) is 448 cm³/mol. The molecule has 1 aromatic carbocycles. The van der Waals surface area contributed by atoms with Crippen LogP contribution in [0.15, 0.2) is 87.9 Å². The molecule has 3 aliphatic heterocycles. The van der Waals surface area contributed by atoms with Crippen LogP contribution < -0.4 is 11.5 Å². The zero-order valence-corrected chi connectivity index (χ0v) is 72.2. The summed E-state index contributed by atoms with van der Waals surface area (Å²) in [5, 5.41) is 54.2. The summed E-state index contributed by atoms with van der Waals surface area (Å²) in [5.74, 6) is -6.14. The van der Waals surface area contributed by atoms with Gasteiger partial charge in [0.1, 0.15) is 59.2 Å². The third kappa shape index (κ3) is 28.3. The highest BCUT2D eigenvalue weighted by Crippen LogP contribution is 2.40. The molecule has 2 bridgehead atoms. The number of hydrogen-bond donors (Lipinski definition) is 5. The summed E-state index contributed by atoms with van der Waals surface area (Å²) in [6.07, 6.45) is 18.8. The summed E-state index contributed by atoms with van der Waals surface area (Å²) in [6.45, 7) is 19.3. The van der Waals surface area contributed by atoms with Crippen LogP contribution in [-0.4, -0.2) is 264 Å². The van der Waals surface area contributed by atoms with Gasteiger partial charge in [-0.15, -0.1) is 5.10 Å². The number of carbonyl (C=O) groups is 4. The number of methoxy groups -OCH3 is 4. The normalized spacial score (nSPS) is 28.3. The first-order chi connectivity index (χ1) is 57.9. The number of nitrogen functional groups attached to an aromatic ring is 2. The van der Waals surface area contributed by atoms with Gasteiger partial charge in [0, 0.05) is 90.5 Å². The number of cyclic esters (lactones) is 1. The molecule has 33 nitrogen and oxygen atoms in total. The molecular formula is C87H132N12O21. The fourth-order valence-corrected chi connectivity index (χ4v) is 16.3. The van der Waals surface area contributed by atoms with E-state index in [1.165, 1.54) is 18.3 Å². The minimum atomic E-state index is -2.44. The maximum absolute atomic E-state index is 14.9. The van der Waals surface area contributed by atoms with Crippen molar-refractivity contribution in [3.05, 3.63) is 84.0 Å². The highest BCUT2D eigenvalue weighted by atomic mass is 16.6.